The van der Waals surface area contributed by atoms with E-state index < -0.39 is 0 Å². The molecule has 1 aliphatic carbocycles. The second kappa shape index (κ2) is 2.60. The van der Waals surface area contributed by atoms with E-state index in [1.807, 2.05) is 0 Å². The first kappa shape index (κ1) is 8.79. The first-order valence-corrected chi connectivity index (χ1v) is 4.89. The molecule has 0 N–H and O–H groups in total. The van der Waals surface area contributed by atoms with Crippen LogP contribution in [0.15, 0.2) is 11.6 Å². The lowest BCUT2D eigenvalue weighted by Gasteiger charge is -2.24. The molecule has 0 spiro atoms. The standard InChI is InChI=1S/C11H16O2/c1-7-4-5-8-10(12)13-9(6-7)11(8,2)3/h6,8-9H,4-5H2,1-3H3/t8-,9-/m1/s1. The zero-order chi connectivity index (χ0) is 9.64. The highest BCUT2D eigenvalue weighted by atomic mass is 16.6. The number of hydrogen-bond acceptors (Lipinski definition) is 2. The Hall–Kier alpha value is -0.790. The molecule has 1 saturated heterocycles. The van der Waals surface area contributed by atoms with Gasteiger partial charge in [-0.15, -0.1) is 0 Å². The summed E-state index contributed by atoms with van der Waals surface area (Å²) in [4.78, 5) is 11.5. The van der Waals surface area contributed by atoms with Crippen molar-refractivity contribution in [1.29, 1.82) is 0 Å². The number of rotatable bonds is 0. The van der Waals surface area contributed by atoms with E-state index in [1.54, 1.807) is 0 Å². The van der Waals surface area contributed by atoms with E-state index in [9.17, 15) is 4.79 Å². The van der Waals surface area contributed by atoms with Gasteiger partial charge in [-0.2, -0.15) is 0 Å². The van der Waals surface area contributed by atoms with Crippen molar-refractivity contribution in [3.05, 3.63) is 11.6 Å². The van der Waals surface area contributed by atoms with E-state index in [-0.39, 0.29) is 23.4 Å². The zero-order valence-corrected chi connectivity index (χ0v) is 8.46. The molecule has 0 radical (unpaired) electrons. The van der Waals surface area contributed by atoms with E-state index in [2.05, 4.69) is 26.8 Å². The molecule has 1 fully saturated rings. The number of esters is 1. The maximum atomic E-state index is 11.5. The van der Waals surface area contributed by atoms with Crippen molar-refractivity contribution < 1.29 is 9.53 Å². The molecule has 13 heavy (non-hydrogen) atoms. The van der Waals surface area contributed by atoms with Gasteiger partial charge >= 0.3 is 5.97 Å². The predicted octanol–water partition coefficient (Wildman–Crippen LogP) is 2.29. The molecule has 1 aliphatic heterocycles. The molecule has 0 aromatic heterocycles. The third-order valence-electron chi connectivity index (χ3n) is 3.42. The van der Waals surface area contributed by atoms with Crippen molar-refractivity contribution >= 4 is 5.97 Å². The van der Waals surface area contributed by atoms with Crippen LogP contribution in [0.3, 0.4) is 0 Å². The number of fused-ring (bicyclic) bond motifs is 2. The lowest BCUT2D eigenvalue weighted by Crippen LogP contribution is -2.28. The van der Waals surface area contributed by atoms with E-state index >= 15 is 0 Å². The number of ether oxygens (including phenoxy) is 1. The van der Waals surface area contributed by atoms with Crippen LogP contribution in [0.4, 0.5) is 0 Å². The van der Waals surface area contributed by atoms with Gasteiger partial charge in [0.05, 0.1) is 5.92 Å². The summed E-state index contributed by atoms with van der Waals surface area (Å²) in [7, 11) is 0. The topological polar surface area (TPSA) is 26.3 Å². The molecule has 2 bridgehead atoms. The fraction of sp³-hybridized carbons (Fsp3) is 0.727. The van der Waals surface area contributed by atoms with Crippen molar-refractivity contribution in [3.8, 4) is 0 Å². The molecule has 0 amide bonds. The predicted molar refractivity (Wildman–Crippen MR) is 50.1 cm³/mol. The second-order valence-corrected chi connectivity index (χ2v) is 4.78. The molecule has 0 aromatic carbocycles. The molecule has 0 saturated carbocycles. The molecule has 1 heterocycles. The Morgan fingerprint density at radius 1 is 1.54 bits per heavy atom. The largest absolute Gasteiger partial charge is 0.457 e. The van der Waals surface area contributed by atoms with Crippen LogP contribution in [0, 0.1) is 11.3 Å². The van der Waals surface area contributed by atoms with Gasteiger partial charge in [0.25, 0.3) is 0 Å². The number of carbonyl (C=O) groups is 1. The van der Waals surface area contributed by atoms with Crippen molar-refractivity contribution in [2.45, 2.75) is 39.7 Å². The summed E-state index contributed by atoms with van der Waals surface area (Å²) in [6.45, 7) is 6.37. The summed E-state index contributed by atoms with van der Waals surface area (Å²) < 4.78 is 5.34. The van der Waals surface area contributed by atoms with Gasteiger partial charge in [-0.3, -0.25) is 4.79 Å². The Balaban J connectivity index is 2.39. The summed E-state index contributed by atoms with van der Waals surface area (Å²) >= 11 is 0. The quantitative estimate of drug-likeness (QED) is 0.422. The van der Waals surface area contributed by atoms with Crippen LogP contribution in [0.2, 0.25) is 0 Å². The molecule has 0 unspecified atom stereocenters. The minimum Gasteiger partial charge on any atom is -0.457 e. The second-order valence-electron chi connectivity index (χ2n) is 4.78. The normalized spacial score (nSPS) is 36.5. The Labute approximate surface area is 79.0 Å². The molecule has 2 heteroatoms. The lowest BCUT2D eigenvalue weighted by atomic mass is 9.76. The molecule has 0 aromatic rings. The van der Waals surface area contributed by atoms with Crippen LogP contribution < -0.4 is 0 Å². The summed E-state index contributed by atoms with van der Waals surface area (Å²) in [5.74, 6) is 0.102. The van der Waals surface area contributed by atoms with Gasteiger partial charge in [-0.1, -0.05) is 19.4 Å². The first-order valence-electron chi connectivity index (χ1n) is 4.89. The lowest BCUT2D eigenvalue weighted by molar-refractivity contribution is -0.143. The van der Waals surface area contributed by atoms with E-state index in [0.717, 1.165) is 12.8 Å². The average Bonchev–Trinajstić information content (AvgIpc) is 2.10. The summed E-state index contributed by atoms with van der Waals surface area (Å²) in [6.07, 6.45) is 4.11. The summed E-state index contributed by atoms with van der Waals surface area (Å²) in [6, 6.07) is 0. The molecule has 2 rings (SSSR count). The number of hydrogen-bond donors (Lipinski definition) is 0. The van der Waals surface area contributed by atoms with Gasteiger partial charge in [0.1, 0.15) is 6.10 Å². The van der Waals surface area contributed by atoms with Crippen molar-refractivity contribution in [2.75, 3.05) is 0 Å². The third kappa shape index (κ3) is 1.19. The van der Waals surface area contributed by atoms with Crippen molar-refractivity contribution in [3.63, 3.8) is 0 Å². The fourth-order valence-electron chi connectivity index (χ4n) is 2.31. The molecule has 2 nitrogen and oxygen atoms in total. The maximum Gasteiger partial charge on any atom is 0.310 e. The highest BCUT2D eigenvalue weighted by Crippen LogP contribution is 2.45. The SMILES string of the molecule is CC1=C[C@H]2OC(=O)[C@@H](CC1)C2(C)C. The highest BCUT2D eigenvalue weighted by Gasteiger charge is 2.50. The van der Waals surface area contributed by atoms with E-state index in [0.29, 0.717) is 0 Å². The Kier molecular flexibility index (Phi) is 1.76. The Bertz CT molecular complexity index is 276. The van der Waals surface area contributed by atoms with Gasteiger partial charge in [-0.25, -0.2) is 0 Å². The van der Waals surface area contributed by atoms with Gasteiger partial charge in [0.15, 0.2) is 0 Å². The van der Waals surface area contributed by atoms with Gasteiger partial charge < -0.3 is 4.74 Å². The van der Waals surface area contributed by atoms with Gasteiger partial charge in [-0.05, 0) is 25.8 Å². The molecule has 2 atom stereocenters. The fourth-order valence-corrected chi connectivity index (χ4v) is 2.31. The molecular weight excluding hydrogens is 164 g/mol. The van der Waals surface area contributed by atoms with Crippen LogP contribution in [0.25, 0.3) is 0 Å². The molecule has 2 aliphatic rings. The van der Waals surface area contributed by atoms with Crippen LogP contribution in [-0.2, 0) is 9.53 Å². The van der Waals surface area contributed by atoms with Crippen LogP contribution in [0.1, 0.15) is 33.6 Å². The van der Waals surface area contributed by atoms with E-state index in [4.69, 9.17) is 4.74 Å². The monoisotopic (exact) mass is 180 g/mol. The van der Waals surface area contributed by atoms with Gasteiger partial charge in [0.2, 0.25) is 0 Å². The highest BCUT2D eigenvalue weighted by molar-refractivity contribution is 5.76. The summed E-state index contributed by atoms with van der Waals surface area (Å²) in [5, 5.41) is 0. The number of allylic oxidation sites excluding steroid dienone is 1. The minimum absolute atomic E-state index is 0.00116. The van der Waals surface area contributed by atoms with E-state index in [1.165, 1.54) is 5.57 Å². The zero-order valence-electron chi connectivity index (χ0n) is 8.46. The van der Waals surface area contributed by atoms with Gasteiger partial charge in [0, 0.05) is 5.41 Å². The summed E-state index contributed by atoms with van der Waals surface area (Å²) in [5.41, 5.74) is 1.35. The van der Waals surface area contributed by atoms with Crippen molar-refractivity contribution in [2.24, 2.45) is 11.3 Å². The van der Waals surface area contributed by atoms with Crippen molar-refractivity contribution in [1.82, 2.24) is 0 Å². The molecular formula is C11H16O2. The minimum atomic E-state index is -0.00512. The smallest absolute Gasteiger partial charge is 0.310 e. The van der Waals surface area contributed by atoms with Crippen LogP contribution in [0.5, 0.6) is 0 Å². The molecule has 72 valence electrons. The first-order chi connectivity index (χ1) is 6.01. The Morgan fingerprint density at radius 3 is 2.92 bits per heavy atom. The average molecular weight is 180 g/mol. The van der Waals surface area contributed by atoms with Crippen LogP contribution >= 0.6 is 0 Å². The maximum absolute atomic E-state index is 11.5. The third-order valence-corrected chi connectivity index (χ3v) is 3.42. The van der Waals surface area contributed by atoms with Crippen LogP contribution in [-0.4, -0.2) is 12.1 Å². The number of carbonyl (C=O) groups excluding carboxylic acids is 1. The Morgan fingerprint density at radius 2 is 2.23 bits per heavy atom.